The minimum absolute atomic E-state index is 0.595. The number of aromatic nitrogens is 5. The molecule has 290 valence electrons. The first kappa shape index (κ1) is 35.5. The molecule has 5 nitrogen and oxygen atoms in total. The van der Waals surface area contributed by atoms with Crippen LogP contribution in [0, 0.1) is 0 Å². The first-order valence-electron chi connectivity index (χ1n) is 21.0. The molecule has 0 aliphatic carbocycles. The van der Waals surface area contributed by atoms with Gasteiger partial charge in [0.2, 0.25) is 0 Å². The van der Waals surface area contributed by atoms with Crippen molar-refractivity contribution in [3.63, 3.8) is 0 Å². The Morgan fingerprint density at radius 2 is 0.677 bits per heavy atom. The van der Waals surface area contributed by atoms with E-state index in [1.807, 2.05) is 18.2 Å². The molecule has 0 aliphatic heterocycles. The molecule has 62 heavy (non-hydrogen) atoms. The third-order valence-corrected chi connectivity index (χ3v) is 12.0. The Bertz CT molecular complexity index is 3530. The molecule has 0 bridgehead atoms. The molecular formula is C57H37N5. The summed E-state index contributed by atoms with van der Waals surface area (Å²) in [6.07, 6.45) is 0. The van der Waals surface area contributed by atoms with Crippen LogP contribution in [0.4, 0.5) is 0 Å². The van der Waals surface area contributed by atoms with Crippen LogP contribution in [0.1, 0.15) is 0 Å². The highest BCUT2D eigenvalue weighted by Gasteiger charge is 2.21. The summed E-state index contributed by atoms with van der Waals surface area (Å²) in [6, 6.07) is 79.2. The molecule has 3 heterocycles. The number of hydrogen-bond acceptors (Lipinski definition) is 3. The molecule has 0 saturated carbocycles. The van der Waals surface area contributed by atoms with E-state index in [1.54, 1.807) is 0 Å². The number of rotatable bonds is 7. The second kappa shape index (κ2) is 14.7. The van der Waals surface area contributed by atoms with E-state index in [0.29, 0.717) is 17.5 Å². The first-order valence-corrected chi connectivity index (χ1v) is 21.0. The van der Waals surface area contributed by atoms with Crippen LogP contribution in [0.15, 0.2) is 224 Å². The molecular weight excluding hydrogens is 755 g/mol. The molecule has 0 N–H and O–H groups in total. The highest BCUT2D eigenvalue weighted by atomic mass is 15.1. The van der Waals surface area contributed by atoms with Crippen LogP contribution in [0.2, 0.25) is 0 Å². The maximum absolute atomic E-state index is 5.39. The molecule has 0 unspecified atom stereocenters. The van der Waals surface area contributed by atoms with Crippen LogP contribution in [0.25, 0.3) is 111 Å². The highest BCUT2D eigenvalue weighted by Crippen LogP contribution is 2.40. The zero-order chi connectivity index (χ0) is 41.0. The molecule has 0 aliphatic rings. The SMILES string of the molecule is c1ccc(-c2cccc(-c3ccc(-c4nc(-c5ccccc5)nc(-c5ccccc5-n5c6ccccc6c6ccccc65)n4)cc3-n3c4ccccc4c4ccccc43)c2)cc1. The van der Waals surface area contributed by atoms with Crippen molar-refractivity contribution < 1.29 is 0 Å². The summed E-state index contributed by atoms with van der Waals surface area (Å²) in [4.78, 5) is 15.9. The quantitative estimate of drug-likeness (QED) is 0.162. The van der Waals surface area contributed by atoms with Crippen LogP contribution in [0.5, 0.6) is 0 Å². The van der Waals surface area contributed by atoms with E-state index in [4.69, 9.17) is 15.0 Å². The summed E-state index contributed by atoms with van der Waals surface area (Å²) in [5, 5.41) is 4.80. The van der Waals surface area contributed by atoms with Gasteiger partial charge in [-0.1, -0.05) is 176 Å². The molecule has 12 rings (SSSR count). The standard InChI is InChI=1S/C57H37N5/c1-3-18-38(19-4-1)40-22-17-23-41(36-40)43-35-34-42(37-54(43)62-51-31-14-9-26-46(51)47-27-10-15-32-52(47)62)56-58-55(39-20-5-2-6-21-39)59-57(60-56)48-28-11-16-33-53(48)61-49-29-12-7-24-44(49)45-25-8-13-30-50(45)61/h1-37H. The predicted octanol–water partition coefficient (Wildman–Crippen LogP) is 14.4. The van der Waals surface area contributed by atoms with E-state index in [0.717, 1.165) is 66.8 Å². The number of nitrogens with zero attached hydrogens (tertiary/aromatic N) is 5. The molecule has 0 fully saturated rings. The van der Waals surface area contributed by atoms with Gasteiger partial charge in [-0.25, -0.2) is 15.0 Å². The number of hydrogen-bond donors (Lipinski definition) is 0. The molecule has 5 heteroatoms. The lowest BCUT2D eigenvalue weighted by Crippen LogP contribution is -2.04. The maximum Gasteiger partial charge on any atom is 0.166 e. The van der Waals surface area contributed by atoms with Gasteiger partial charge in [-0.15, -0.1) is 0 Å². The van der Waals surface area contributed by atoms with Crippen LogP contribution in [-0.2, 0) is 0 Å². The maximum atomic E-state index is 5.39. The Kier molecular flexibility index (Phi) is 8.42. The Morgan fingerprint density at radius 1 is 0.242 bits per heavy atom. The van der Waals surface area contributed by atoms with Crippen LogP contribution in [-0.4, -0.2) is 24.1 Å². The van der Waals surface area contributed by atoms with Crippen molar-refractivity contribution in [2.75, 3.05) is 0 Å². The third-order valence-electron chi connectivity index (χ3n) is 12.0. The minimum atomic E-state index is 0.595. The van der Waals surface area contributed by atoms with Crippen molar-refractivity contribution in [3.05, 3.63) is 224 Å². The summed E-state index contributed by atoms with van der Waals surface area (Å²) in [5.74, 6) is 1.81. The zero-order valence-corrected chi connectivity index (χ0v) is 33.6. The predicted molar refractivity (Wildman–Crippen MR) is 256 cm³/mol. The first-order chi connectivity index (χ1) is 30.8. The van der Waals surface area contributed by atoms with Crippen molar-refractivity contribution in [2.45, 2.75) is 0 Å². The van der Waals surface area contributed by atoms with E-state index in [2.05, 4.69) is 215 Å². The van der Waals surface area contributed by atoms with Gasteiger partial charge in [0.05, 0.1) is 33.4 Å². The fourth-order valence-electron chi connectivity index (χ4n) is 9.16. The summed E-state index contributed by atoms with van der Waals surface area (Å²) < 4.78 is 4.74. The molecule has 12 aromatic rings. The molecule has 3 aromatic heterocycles. The molecule has 0 spiro atoms. The van der Waals surface area contributed by atoms with Crippen LogP contribution in [0.3, 0.4) is 0 Å². The molecule has 9 aromatic carbocycles. The Hall–Kier alpha value is -8.41. The summed E-state index contributed by atoms with van der Waals surface area (Å²) >= 11 is 0. The Labute approximate surface area is 358 Å². The van der Waals surface area contributed by atoms with Gasteiger partial charge in [0.25, 0.3) is 0 Å². The minimum Gasteiger partial charge on any atom is -0.309 e. The van der Waals surface area contributed by atoms with E-state index in [1.165, 1.54) is 27.1 Å². The van der Waals surface area contributed by atoms with Gasteiger partial charge in [-0.05, 0) is 65.2 Å². The fraction of sp³-hybridized carbons (Fsp3) is 0. The second-order valence-electron chi connectivity index (χ2n) is 15.6. The largest absolute Gasteiger partial charge is 0.309 e. The van der Waals surface area contributed by atoms with Gasteiger partial charge < -0.3 is 9.13 Å². The summed E-state index contributed by atoms with van der Waals surface area (Å²) in [6.45, 7) is 0. The van der Waals surface area contributed by atoms with E-state index < -0.39 is 0 Å². The number of fused-ring (bicyclic) bond motifs is 6. The highest BCUT2D eigenvalue weighted by molar-refractivity contribution is 6.11. The normalized spacial score (nSPS) is 11.5. The number of benzene rings is 9. The van der Waals surface area contributed by atoms with Crippen LogP contribution >= 0.6 is 0 Å². The topological polar surface area (TPSA) is 48.5 Å². The smallest absolute Gasteiger partial charge is 0.166 e. The van der Waals surface area contributed by atoms with Gasteiger partial charge in [-0.2, -0.15) is 0 Å². The fourth-order valence-corrected chi connectivity index (χ4v) is 9.16. The third kappa shape index (κ3) is 5.90. The summed E-state index contributed by atoms with van der Waals surface area (Å²) in [7, 11) is 0. The second-order valence-corrected chi connectivity index (χ2v) is 15.6. The van der Waals surface area contributed by atoms with Crippen molar-refractivity contribution in [3.8, 4) is 67.8 Å². The van der Waals surface area contributed by atoms with Gasteiger partial charge in [0.15, 0.2) is 17.5 Å². The molecule has 0 saturated heterocycles. The molecule has 0 atom stereocenters. The average Bonchev–Trinajstić information content (AvgIpc) is 3.87. The van der Waals surface area contributed by atoms with Crippen molar-refractivity contribution in [2.24, 2.45) is 0 Å². The molecule has 0 radical (unpaired) electrons. The van der Waals surface area contributed by atoms with E-state index >= 15 is 0 Å². The summed E-state index contributed by atoms with van der Waals surface area (Å²) in [5.41, 5.74) is 13.8. The lowest BCUT2D eigenvalue weighted by atomic mass is 9.96. The van der Waals surface area contributed by atoms with Gasteiger partial charge in [0.1, 0.15) is 0 Å². The van der Waals surface area contributed by atoms with Gasteiger partial charge >= 0.3 is 0 Å². The zero-order valence-electron chi connectivity index (χ0n) is 33.6. The van der Waals surface area contributed by atoms with Crippen molar-refractivity contribution in [1.82, 2.24) is 24.1 Å². The lowest BCUT2D eigenvalue weighted by molar-refractivity contribution is 1.06. The van der Waals surface area contributed by atoms with Crippen LogP contribution < -0.4 is 0 Å². The Balaban J connectivity index is 1.11. The van der Waals surface area contributed by atoms with Crippen molar-refractivity contribution in [1.29, 1.82) is 0 Å². The van der Waals surface area contributed by atoms with Gasteiger partial charge in [-0.3, -0.25) is 0 Å². The average molecular weight is 792 g/mol. The monoisotopic (exact) mass is 791 g/mol. The lowest BCUT2D eigenvalue weighted by Gasteiger charge is -2.17. The number of para-hydroxylation sites is 5. The molecule has 0 amide bonds. The van der Waals surface area contributed by atoms with Crippen molar-refractivity contribution >= 4 is 43.6 Å². The Morgan fingerprint density at radius 3 is 1.27 bits per heavy atom. The van der Waals surface area contributed by atoms with E-state index in [-0.39, 0.29) is 0 Å². The van der Waals surface area contributed by atoms with E-state index in [9.17, 15) is 0 Å². The van der Waals surface area contributed by atoms with Gasteiger partial charge in [0, 0.05) is 43.8 Å².